The topological polar surface area (TPSA) is 41.6 Å². The van der Waals surface area contributed by atoms with Gasteiger partial charge in [0.05, 0.1) is 12.4 Å². The van der Waals surface area contributed by atoms with E-state index < -0.39 is 0 Å². The summed E-state index contributed by atoms with van der Waals surface area (Å²) in [6, 6.07) is 0. The van der Waals surface area contributed by atoms with E-state index >= 15 is 0 Å². The largest absolute Gasteiger partial charge is 0.357 e. The molecule has 2 N–H and O–H groups in total. The second-order valence-corrected chi connectivity index (χ2v) is 7.07. The maximum atomic E-state index is 5.65. The van der Waals surface area contributed by atoms with Crippen molar-refractivity contribution >= 4 is 5.84 Å². The van der Waals surface area contributed by atoms with Gasteiger partial charge in [-0.15, -0.1) is 0 Å². The highest BCUT2D eigenvalue weighted by molar-refractivity contribution is 5.83. The predicted molar refractivity (Wildman–Crippen MR) is 108 cm³/mol. The van der Waals surface area contributed by atoms with E-state index in [4.69, 9.17) is 5.73 Å². The molecule has 3 heteroatoms. The summed E-state index contributed by atoms with van der Waals surface area (Å²) in [5.41, 5.74) is 5.65. The third-order valence-electron chi connectivity index (χ3n) is 4.94. The maximum Gasteiger partial charge on any atom is 0.0990 e. The minimum atomic E-state index is 0.745. The quantitative estimate of drug-likeness (QED) is 0.307. The van der Waals surface area contributed by atoms with Gasteiger partial charge in [0.15, 0.2) is 0 Å². The highest BCUT2D eigenvalue weighted by atomic mass is 15.2. The van der Waals surface area contributed by atoms with Gasteiger partial charge in [-0.1, -0.05) is 69.9 Å². The molecule has 0 unspecified atom stereocenters. The number of amidine groups is 1. The van der Waals surface area contributed by atoms with Crippen molar-refractivity contribution in [2.45, 2.75) is 90.4 Å². The molecule has 0 aromatic rings. The highest BCUT2D eigenvalue weighted by Gasteiger charge is 2.14. The molecule has 1 aliphatic heterocycles. The van der Waals surface area contributed by atoms with Crippen molar-refractivity contribution in [2.75, 3.05) is 26.2 Å². The van der Waals surface area contributed by atoms with Crippen molar-refractivity contribution in [1.29, 1.82) is 0 Å². The molecule has 0 radical (unpaired) electrons. The third-order valence-corrected chi connectivity index (χ3v) is 4.94. The number of hydrogen-bond acceptors (Lipinski definition) is 3. The lowest BCUT2D eigenvalue weighted by molar-refractivity contribution is 0.455. The van der Waals surface area contributed by atoms with E-state index in [1.54, 1.807) is 0 Å². The third kappa shape index (κ3) is 10.9. The van der Waals surface area contributed by atoms with Gasteiger partial charge in [0.1, 0.15) is 0 Å². The first kappa shape index (κ1) is 21.2. The minimum absolute atomic E-state index is 0.745. The Kier molecular flexibility index (Phi) is 13.9. The smallest absolute Gasteiger partial charge is 0.0990 e. The van der Waals surface area contributed by atoms with Crippen LogP contribution < -0.4 is 5.73 Å². The molecule has 3 nitrogen and oxygen atoms in total. The summed E-state index contributed by atoms with van der Waals surface area (Å²) in [6.45, 7) is 5.90. The van der Waals surface area contributed by atoms with Crippen molar-refractivity contribution in [2.24, 2.45) is 10.7 Å². The van der Waals surface area contributed by atoms with Crippen LogP contribution in [0.3, 0.4) is 0 Å². The molecular weight excluding hydrogens is 294 g/mol. The molecule has 0 bridgehead atoms. The molecule has 0 saturated heterocycles. The standard InChI is InChI=1S/C21H41N3/c1-2-3-4-5-6-7-8-9-10-11-12-13-14-15-16-21-23-18-20-24(21)19-17-22/h2-3H,4-20,22H2,1H3/b3-2+. The summed E-state index contributed by atoms with van der Waals surface area (Å²) in [6.07, 6.45) is 22.3. The lowest BCUT2D eigenvalue weighted by Crippen LogP contribution is -2.32. The Morgan fingerprint density at radius 2 is 1.50 bits per heavy atom. The Labute approximate surface area is 150 Å². The van der Waals surface area contributed by atoms with Crippen LogP contribution in [-0.2, 0) is 0 Å². The van der Waals surface area contributed by atoms with Crippen LogP contribution in [-0.4, -0.2) is 36.9 Å². The van der Waals surface area contributed by atoms with Gasteiger partial charge in [-0.2, -0.15) is 0 Å². The first-order valence-electron chi connectivity index (χ1n) is 10.5. The molecule has 1 heterocycles. The summed E-state index contributed by atoms with van der Waals surface area (Å²) in [7, 11) is 0. The van der Waals surface area contributed by atoms with Crippen LogP contribution in [0.15, 0.2) is 17.1 Å². The molecule has 0 atom stereocenters. The van der Waals surface area contributed by atoms with E-state index in [1.807, 2.05) is 0 Å². The molecule has 0 spiro atoms. The van der Waals surface area contributed by atoms with Crippen molar-refractivity contribution < 1.29 is 0 Å². The van der Waals surface area contributed by atoms with Gasteiger partial charge in [-0.3, -0.25) is 4.99 Å². The number of nitrogens with zero attached hydrogens (tertiary/aromatic N) is 2. The van der Waals surface area contributed by atoms with Gasteiger partial charge < -0.3 is 10.6 Å². The molecule has 140 valence electrons. The van der Waals surface area contributed by atoms with Crippen LogP contribution in [0.2, 0.25) is 0 Å². The molecule has 1 aliphatic rings. The zero-order valence-corrected chi connectivity index (χ0v) is 16.1. The second-order valence-electron chi connectivity index (χ2n) is 7.07. The Morgan fingerprint density at radius 1 is 0.917 bits per heavy atom. The van der Waals surface area contributed by atoms with Crippen LogP contribution in [0.4, 0.5) is 0 Å². The number of hydrogen-bond donors (Lipinski definition) is 1. The van der Waals surface area contributed by atoms with Crippen LogP contribution in [0, 0.1) is 0 Å². The molecule has 0 aliphatic carbocycles. The van der Waals surface area contributed by atoms with Crippen LogP contribution >= 0.6 is 0 Å². The van der Waals surface area contributed by atoms with Crippen LogP contribution in [0.1, 0.15) is 90.4 Å². The van der Waals surface area contributed by atoms with E-state index in [0.29, 0.717) is 0 Å². The van der Waals surface area contributed by atoms with Crippen molar-refractivity contribution in [3.8, 4) is 0 Å². The van der Waals surface area contributed by atoms with Gasteiger partial charge in [0, 0.05) is 26.1 Å². The summed E-state index contributed by atoms with van der Waals surface area (Å²) in [4.78, 5) is 6.99. The fourth-order valence-electron chi connectivity index (χ4n) is 3.47. The zero-order chi connectivity index (χ0) is 17.3. The van der Waals surface area contributed by atoms with Crippen molar-refractivity contribution in [3.63, 3.8) is 0 Å². The maximum absolute atomic E-state index is 5.65. The van der Waals surface area contributed by atoms with Crippen LogP contribution in [0.25, 0.3) is 0 Å². The predicted octanol–water partition coefficient (Wildman–Crippen LogP) is 5.31. The summed E-state index contributed by atoms with van der Waals surface area (Å²) in [5.74, 6) is 1.31. The molecule has 0 saturated carbocycles. The molecule has 0 aromatic heterocycles. The fraction of sp³-hybridized carbons (Fsp3) is 0.857. The second kappa shape index (κ2) is 15.7. The molecule has 0 fully saturated rings. The normalized spacial score (nSPS) is 14.8. The number of rotatable bonds is 16. The Hall–Kier alpha value is -0.830. The number of nitrogens with two attached hydrogens (primary N) is 1. The summed E-state index contributed by atoms with van der Waals surface area (Å²) in [5, 5.41) is 0. The SMILES string of the molecule is C/C=C/CCCCCCCCCCCCCC1=NCCN1CCN. The fourth-order valence-corrected chi connectivity index (χ4v) is 3.47. The van der Waals surface area contributed by atoms with E-state index in [2.05, 4.69) is 29.0 Å². The first-order valence-corrected chi connectivity index (χ1v) is 10.5. The van der Waals surface area contributed by atoms with Gasteiger partial charge in [0.25, 0.3) is 0 Å². The zero-order valence-electron chi connectivity index (χ0n) is 16.1. The van der Waals surface area contributed by atoms with Gasteiger partial charge in [0.2, 0.25) is 0 Å². The lowest BCUT2D eigenvalue weighted by Gasteiger charge is -2.19. The average Bonchev–Trinajstić information content (AvgIpc) is 3.03. The molecule has 0 aromatic carbocycles. The molecule has 24 heavy (non-hydrogen) atoms. The highest BCUT2D eigenvalue weighted by Crippen LogP contribution is 2.14. The van der Waals surface area contributed by atoms with E-state index in [9.17, 15) is 0 Å². The average molecular weight is 336 g/mol. The Bertz CT molecular complexity index is 336. The first-order chi connectivity index (χ1) is 11.9. The van der Waals surface area contributed by atoms with Gasteiger partial charge >= 0.3 is 0 Å². The number of unbranched alkanes of at least 4 members (excludes halogenated alkanes) is 11. The molecule has 0 amide bonds. The molecular formula is C21H41N3. The Balaban J connectivity index is 1.79. The van der Waals surface area contributed by atoms with E-state index in [-0.39, 0.29) is 0 Å². The lowest BCUT2D eigenvalue weighted by atomic mass is 10.0. The minimum Gasteiger partial charge on any atom is -0.357 e. The number of allylic oxidation sites excluding steroid dienone is 2. The van der Waals surface area contributed by atoms with Crippen molar-refractivity contribution in [1.82, 2.24) is 4.90 Å². The number of aliphatic imine (C=N–C) groups is 1. The summed E-state index contributed by atoms with van der Waals surface area (Å²) < 4.78 is 0. The van der Waals surface area contributed by atoms with Crippen molar-refractivity contribution in [3.05, 3.63) is 12.2 Å². The van der Waals surface area contributed by atoms with Gasteiger partial charge in [-0.05, 0) is 26.2 Å². The molecule has 1 rings (SSSR count). The monoisotopic (exact) mass is 335 g/mol. The van der Waals surface area contributed by atoms with Crippen LogP contribution in [0.5, 0.6) is 0 Å². The Morgan fingerprint density at radius 3 is 2.08 bits per heavy atom. The summed E-state index contributed by atoms with van der Waals surface area (Å²) >= 11 is 0. The van der Waals surface area contributed by atoms with Gasteiger partial charge in [-0.25, -0.2) is 0 Å². The van der Waals surface area contributed by atoms with E-state index in [0.717, 1.165) is 32.6 Å². The van der Waals surface area contributed by atoms with E-state index in [1.165, 1.54) is 82.9 Å².